The molecule has 0 fully saturated rings. The monoisotopic (exact) mass is 305 g/mol. The van der Waals surface area contributed by atoms with E-state index in [-0.39, 0.29) is 12.5 Å². The second-order valence-corrected chi connectivity index (χ2v) is 6.12. The van der Waals surface area contributed by atoms with Crippen molar-refractivity contribution >= 4 is 16.0 Å². The van der Waals surface area contributed by atoms with E-state index in [2.05, 4.69) is 14.9 Å². The molecule has 0 aliphatic heterocycles. The van der Waals surface area contributed by atoms with Crippen LogP contribution in [0.2, 0.25) is 0 Å². The molecule has 9 heteroatoms. The molecule has 114 valence electrons. The van der Waals surface area contributed by atoms with E-state index in [0.717, 1.165) is 19.0 Å². The van der Waals surface area contributed by atoms with Crippen LogP contribution >= 0.6 is 0 Å². The van der Waals surface area contributed by atoms with Gasteiger partial charge >= 0.3 is 5.97 Å². The summed E-state index contributed by atoms with van der Waals surface area (Å²) in [7, 11) is -4.05. The van der Waals surface area contributed by atoms with E-state index in [9.17, 15) is 18.3 Å². The van der Waals surface area contributed by atoms with Gasteiger partial charge in [-0.25, -0.2) is 17.9 Å². The lowest BCUT2D eigenvalue weighted by atomic mass is 9.97. The van der Waals surface area contributed by atoms with Gasteiger partial charge in [-0.2, -0.15) is 5.10 Å². The molecule has 0 spiro atoms. The molecule has 0 saturated carbocycles. The number of carboxylic acids is 1. The van der Waals surface area contributed by atoms with E-state index >= 15 is 0 Å². The fraction of sp³-hybridized carbons (Fsp3) is 0.636. The van der Waals surface area contributed by atoms with Crippen LogP contribution in [-0.4, -0.2) is 47.4 Å². The largest absolute Gasteiger partial charge is 0.478 e. The molecule has 1 atom stereocenters. The zero-order valence-corrected chi connectivity index (χ0v) is 12.1. The van der Waals surface area contributed by atoms with Crippen LogP contribution in [0, 0.1) is 5.92 Å². The lowest BCUT2D eigenvalue weighted by molar-refractivity contribution is 0.0692. The second kappa shape index (κ2) is 6.82. The lowest BCUT2D eigenvalue weighted by Gasteiger charge is -2.20. The van der Waals surface area contributed by atoms with Gasteiger partial charge in [0.05, 0.1) is 12.3 Å². The summed E-state index contributed by atoms with van der Waals surface area (Å²) in [4.78, 5) is 10.9. The highest BCUT2D eigenvalue weighted by atomic mass is 32.2. The minimum absolute atomic E-state index is 0.0154. The minimum Gasteiger partial charge on any atom is -0.478 e. The number of aromatic nitrogens is 2. The van der Waals surface area contributed by atoms with Crippen molar-refractivity contribution in [2.24, 2.45) is 5.92 Å². The van der Waals surface area contributed by atoms with Crippen molar-refractivity contribution in [1.29, 1.82) is 0 Å². The van der Waals surface area contributed by atoms with Gasteiger partial charge in [-0.15, -0.1) is 0 Å². The number of aromatic carboxylic acids is 1. The number of rotatable bonds is 8. The number of aromatic amines is 1. The summed E-state index contributed by atoms with van der Waals surface area (Å²) in [5, 5.41) is 23.8. The molecule has 1 heterocycles. The van der Waals surface area contributed by atoms with Gasteiger partial charge < -0.3 is 10.2 Å². The first-order valence-corrected chi connectivity index (χ1v) is 7.76. The van der Waals surface area contributed by atoms with Crippen LogP contribution in [0.15, 0.2) is 11.2 Å². The highest BCUT2D eigenvalue weighted by Gasteiger charge is 2.26. The van der Waals surface area contributed by atoms with E-state index in [1.54, 1.807) is 0 Å². The molecule has 20 heavy (non-hydrogen) atoms. The molecule has 0 saturated heterocycles. The Balaban J connectivity index is 2.81. The molecule has 1 aromatic heterocycles. The smallest absolute Gasteiger partial charge is 0.340 e. The third-order valence-electron chi connectivity index (χ3n) is 3.18. The van der Waals surface area contributed by atoms with Gasteiger partial charge in [-0.05, 0) is 5.92 Å². The fourth-order valence-corrected chi connectivity index (χ4v) is 3.04. The Morgan fingerprint density at radius 2 is 2.05 bits per heavy atom. The van der Waals surface area contributed by atoms with Gasteiger partial charge in [0.2, 0.25) is 0 Å². The highest BCUT2D eigenvalue weighted by Crippen LogP contribution is 2.15. The molecule has 0 bridgehead atoms. The maximum absolute atomic E-state index is 12.0. The Kier molecular flexibility index (Phi) is 5.66. The van der Waals surface area contributed by atoms with E-state index < -0.39 is 32.7 Å². The maximum atomic E-state index is 12.0. The maximum Gasteiger partial charge on any atom is 0.340 e. The van der Waals surface area contributed by atoms with Crippen LogP contribution < -0.4 is 4.72 Å². The number of carboxylic acid groups (broad SMARTS) is 1. The predicted octanol–water partition coefficient (Wildman–Crippen LogP) is 0.183. The number of carbonyl (C=O) groups is 1. The summed E-state index contributed by atoms with van der Waals surface area (Å²) in [5.74, 6) is -1.40. The van der Waals surface area contributed by atoms with E-state index in [4.69, 9.17) is 5.11 Å². The van der Waals surface area contributed by atoms with Crippen molar-refractivity contribution in [3.63, 3.8) is 0 Å². The lowest BCUT2D eigenvalue weighted by Crippen LogP contribution is -2.36. The Bertz CT molecular complexity index is 550. The summed E-state index contributed by atoms with van der Waals surface area (Å²) in [5.41, 5.74) is -0.436. The summed E-state index contributed by atoms with van der Waals surface area (Å²) >= 11 is 0. The molecule has 1 rings (SSSR count). The van der Waals surface area contributed by atoms with Crippen molar-refractivity contribution in [2.45, 2.75) is 37.8 Å². The van der Waals surface area contributed by atoms with Crippen molar-refractivity contribution < 1.29 is 23.4 Å². The third-order valence-corrected chi connectivity index (χ3v) is 4.57. The van der Waals surface area contributed by atoms with E-state index in [1.807, 2.05) is 13.8 Å². The SMILES string of the molecule is CCC(CC)C(O)CNS(=O)(=O)c1[nH]ncc1C(=O)O. The second-order valence-electron chi connectivity index (χ2n) is 4.41. The molecular weight excluding hydrogens is 286 g/mol. The molecule has 1 aromatic rings. The van der Waals surface area contributed by atoms with Crippen molar-refractivity contribution in [3.05, 3.63) is 11.8 Å². The molecule has 0 aromatic carbocycles. The van der Waals surface area contributed by atoms with Gasteiger partial charge in [0, 0.05) is 6.54 Å². The number of hydrogen-bond acceptors (Lipinski definition) is 5. The molecule has 8 nitrogen and oxygen atoms in total. The zero-order chi connectivity index (χ0) is 15.3. The molecule has 0 amide bonds. The third kappa shape index (κ3) is 3.78. The number of nitrogens with zero attached hydrogens (tertiary/aromatic N) is 1. The number of hydrogen-bond donors (Lipinski definition) is 4. The molecular formula is C11H19N3O5S. The standard InChI is InChI=1S/C11H19N3O5S/c1-3-7(4-2)9(15)6-13-20(18,19)10-8(11(16)17)5-12-14-10/h5,7,9,13,15H,3-4,6H2,1-2H3,(H,12,14)(H,16,17). The minimum atomic E-state index is -4.05. The Morgan fingerprint density at radius 1 is 1.45 bits per heavy atom. The first-order chi connectivity index (χ1) is 9.33. The fourth-order valence-electron chi connectivity index (χ4n) is 1.90. The first kappa shape index (κ1) is 16.6. The van der Waals surface area contributed by atoms with Crippen LogP contribution in [0.1, 0.15) is 37.0 Å². The number of H-pyrrole nitrogens is 1. The van der Waals surface area contributed by atoms with Gasteiger partial charge in [0.15, 0.2) is 5.03 Å². The number of nitrogens with one attached hydrogen (secondary N) is 2. The summed E-state index contributed by atoms with van der Waals surface area (Å²) in [6.07, 6.45) is 1.55. The highest BCUT2D eigenvalue weighted by molar-refractivity contribution is 7.89. The van der Waals surface area contributed by atoms with Gasteiger partial charge in [-0.1, -0.05) is 26.7 Å². The van der Waals surface area contributed by atoms with Crippen LogP contribution in [-0.2, 0) is 10.0 Å². The van der Waals surface area contributed by atoms with Crippen LogP contribution in [0.3, 0.4) is 0 Å². The van der Waals surface area contributed by atoms with Crippen molar-refractivity contribution in [1.82, 2.24) is 14.9 Å². The Morgan fingerprint density at radius 3 is 2.55 bits per heavy atom. The number of sulfonamides is 1. The van der Waals surface area contributed by atoms with Crippen LogP contribution in [0.4, 0.5) is 0 Å². The Hall–Kier alpha value is -1.45. The first-order valence-electron chi connectivity index (χ1n) is 6.27. The average molecular weight is 305 g/mol. The summed E-state index contributed by atoms with van der Waals surface area (Å²) < 4.78 is 26.1. The quantitative estimate of drug-likeness (QED) is 0.541. The summed E-state index contributed by atoms with van der Waals surface area (Å²) in [6.45, 7) is 3.64. The average Bonchev–Trinajstić information content (AvgIpc) is 2.88. The number of aliphatic hydroxyl groups is 1. The van der Waals surface area contributed by atoms with Crippen molar-refractivity contribution in [2.75, 3.05) is 6.54 Å². The van der Waals surface area contributed by atoms with Gasteiger partial charge in [0.25, 0.3) is 10.0 Å². The molecule has 1 unspecified atom stereocenters. The van der Waals surface area contributed by atoms with E-state index in [1.165, 1.54) is 0 Å². The van der Waals surface area contributed by atoms with E-state index in [0.29, 0.717) is 0 Å². The zero-order valence-electron chi connectivity index (χ0n) is 11.3. The molecule has 0 radical (unpaired) electrons. The van der Waals surface area contributed by atoms with Crippen molar-refractivity contribution in [3.8, 4) is 0 Å². The van der Waals surface area contributed by atoms with Gasteiger partial charge in [-0.3, -0.25) is 5.10 Å². The predicted molar refractivity (Wildman–Crippen MR) is 70.8 cm³/mol. The molecule has 0 aliphatic rings. The van der Waals surface area contributed by atoms with Gasteiger partial charge in [0.1, 0.15) is 5.56 Å². The molecule has 4 N–H and O–H groups in total. The van der Waals surface area contributed by atoms with Crippen LogP contribution in [0.25, 0.3) is 0 Å². The Labute approximate surface area is 117 Å². The topological polar surface area (TPSA) is 132 Å². The van der Waals surface area contributed by atoms with Crippen LogP contribution in [0.5, 0.6) is 0 Å². The summed E-state index contributed by atoms with van der Waals surface area (Å²) in [6, 6.07) is 0. The molecule has 0 aliphatic carbocycles. The normalized spacial score (nSPS) is 13.6. The number of aliphatic hydroxyl groups excluding tert-OH is 1.